The predicted octanol–water partition coefficient (Wildman–Crippen LogP) is 3.85. The lowest BCUT2D eigenvalue weighted by molar-refractivity contribution is -0.114. The van der Waals surface area contributed by atoms with Crippen LogP contribution in [0.4, 0.5) is 0 Å². The van der Waals surface area contributed by atoms with Crippen molar-refractivity contribution >= 4 is 49.9 Å². The van der Waals surface area contributed by atoms with Crippen molar-refractivity contribution in [1.29, 1.82) is 5.41 Å². The fraction of sp³-hybridized carbons (Fsp3) is 0.250. The highest BCUT2D eigenvalue weighted by Gasteiger charge is 2.42. The number of nitrogens with zero attached hydrogens (tertiary/aromatic N) is 3. The van der Waals surface area contributed by atoms with Crippen molar-refractivity contribution in [3.63, 3.8) is 0 Å². The summed E-state index contributed by atoms with van der Waals surface area (Å²) < 4.78 is 40.1. The molecule has 0 aromatic heterocycles. The Morgan fingerprint density at radius 2 is 1.80 bits per heavy atom. The summed E-state index contributed by atoms with van der Waals surface area (Å²) in [7, 11) is -3.68. The van der Waals surface area contributed by atoms with E-state index in [-0.39, 0.29) is 27.5 Å². The van der Waals surface area contributed by atoms with E-state index in [0.717, 1.165) is 28.2 Å². The Morgan fingerprint density at radius 1 is 1.09 bits per heavy atom. The van der Waals surface area contributed by atoms with Gasteiger partial charge in [0.25, 0.3) is 5.91 Å². The van der Waals surface area contributed by atoms with Gasteiger partial charge in [0.2, 0.25) is 20.2 Å². The van der Waals surface area contributed by atoms with E-state index in [1.165, 1.54) is 13.0 Å². The smallest absolute Gasteiger partial charge is 0.283 e. The highest BCUT2D eigenvalue weighted by Crippen LogP contribution is 2.30. The lowest BCUT2D eigenvalue weighted by atomic mass is 10.1. The quantitative estimate of drug-likeness (QED) is 0.324. The highest BCUT2D eigenvalue weighted by molar-refractivity contribution is 8.16. The average molecular weight is 513 g/mol. The molecule has 0 fully saturated rings. The molecular formula is C24H24N4O5S2. The molecule has 4 rings (SSSR count). The average Bonchev–Trinajstić information content (AvgIpc) is 3.27. The number of ether oxygens (including phenoxy) is 2. The molecule has 1 amide bonds. The Kier molecular flexibility index (Phi) is 7.37. The lowest BCUT2D eigenvalue weighted by Crippen LogP contribution is -2.45. The Labute approximate surface area is 208 Å². The second-order valence-electron chi connectivity index (χ2n) is 7.75. The zero-order chi connectivity index (χ0) is 25.0. The van der Waals surface area contributed by atoms with E-state index in [9.17, 15) is 13.2 Å². The number of fused-ring (bicyclic) bond motifs is 1. The van der Waals surface area contributed by atoms with Gasteiger partial charge in [-0.1, -0.05) is 31.2 Å². The molecule has 9 nitrogen and oxygen atoms in total. The molecule has 0 atom stereocenters. The van der Waals surface area contributed by atoms with Gasteiger partial charge in [-0.25, -0.2) is 13.3 Å². The molecule has 0 spiro atoms. The molecule has 0 saturated carbocycles. The summed E-state index contributed by atoms with van der Waals surface area (Å²) in [5.41, 5.74) is 1.78. The summed E-state index contributed by atoms with van der Waals surface area (Å²) in [5.74, 6) is 0.436. The summed E-state index contributed by atoms with van der Waals surface area (Å²) >= 11 is 0.775. The summed E-state index contributed by atoms with van der Waals surface area (Å²) in [6.07, 6.45) is 2.22. The van der Waals surface area contributed by atoms with E-state index < -0.39 is 15.7 Å². The van der Waals surface area contributed by atoms with Crippen LogP contribution in [0, 0.1) is 12.3 Å². The molecule has 0 bridgehead atoms. The van der Waals surface area contributed by atoms with Gasteiger partial charge in [0.1, 0.15) is 17.3 Å². The summed E-state index contributed by atoms with van der Waals surface area (Å²) in [4.78, 5) is 17.5. The zero-order valence-corrected chi connectivity index (χ0v) is 20.9. The Bertz CT molecular complexity index is 1350. The van der Waals surface area contributed by atoms with Crippen molar-refractivity contribution in [3.05, 3.63) is 65.2 Å². The van der Waals surface area contributed by atoms with Gasteiger partial charge in [-0.3, -0.25) is 10.2 Å². The van der Waals surface area contributed by atoms with Crippen molar-refractivity contribution in [2.45, 2.75) is 20.3 Å². The van der Waals surface area contributed by atoms with Gasteiger partial charge in [0.05, 0.1) is 36.5 Å². The second kappa shape index (κ2) is 10.4. The molecule has 35 heavy (non-hydrogen) atoms. The molecule has 0 aliphatic carbocycles. The fourth-order valence-electron chi connectivity index (χ4n) is 3.30. The van der Waals surface area contributed by atoms with Crippen LogP contribution in [0.5, 0.6) is 11.5 Å². The third-order valence-electron chi connectivity index (χ3n) is 5.16. The Morgan fingerprint density at radius 3 is 2.49 bits per heavy atom. The summed E-state index contributed by atoms with van der Waals surface area (Å²) in [6, 6.07) is 14.9. The van der Waals surface area contributed by atoms with Gasteiger partial charge in [-0.2, -0.15) is 9.39 Å². The molecule has 0 unspecified atom stereocenters. The number of amides is 1. The number of nitrogens with one attached hydrogen (secondary N) is 1. The number of carbonyl (C=O) groups is 1. The van der Waals surface area contributed by atoms with Crippen LogP contribution in [0.25, 0.3) is 6.08 Å². The van der Waals surface area contributed by atoms with Gasteiger partial charge >= 0.3 is 0 Å². The predicted molar refractivity (Wildman–Crippen MR) is 138 cm³/mol. The summed E-state index contributed by atoms with van der Waals surface area (Å²) in [6.45, 7) is 4.52. The summed E-state index contributed by atoms with van der Waals surface area (Å²) in [5, 5.41) is 8.24. The fourth-order valence-corrected chi connectivity index (χ4v) is 5.26. The first-order valence-electron chi connectivity index (χ1n) is 10.9. The van der Waals surface area contributed by atoms with Crippen molar-refractivity contribution in [3.8, 4) is 11.5 Å². The first-order valence-corrected chi connectivity index (χ1v) is 13.3. The van der Waals surface area contributed by atoms with E-state index in [4.69, 9.17) is 14.9 Å². The largest absolute Gasteiger partial charge is 0.493 e. The molecule has 182 valence electrons. The minimum Gasteiger partial charge on any atom is -0.493 e. The molecule has 0 saturated heterocycles. The first-order chi connectivity index (χ1) is 16.8. The molecule has 2 heterocycles. The molecule has 2 aromatic rings. The molecule has 2 aromatic carbocycles. The minimum absolute atomic E-state index is 0.0165. The van der Waals surface area contributed by atoms with E-state index in [2.05, 4.69) is 9.39 Å². The van der Waals surface area contributed by atoms with Crippen LogP contribution in [-0.4, -0.2) is 54.4 Å². The van der Waals surface area contributed by atoms with Crippen molar-refractivity contribution < 1.29 is 22.7 Å². The second-order valence-corrected chi connectivity index (χ2v) is 10.6. The van der Waals surface area contributed by atoms with Crippen LogP contribution in [0.2, 0.25) is 0 Å². The molecule has 2 aliphatic rings. The number of sulfone groups is 1. The molecule has 2 aliphatic heterocycles. The van der Waals surface area contributed by atoms with E-state index in [1.54, 1.807) is 24.3 Å². The third kappa shape index (κ3) is 5.63. The zero-order valence-electron chi connectivity index (χ0n) is 19.2. The minimum atomic E-state index is -3.68. The van der Waals surface area contributed by atoms with Crippen molar-refractivity contribution in [2.75, 3.05) is 19.0 Å². The molecule has 11 heteroatoms. The number of amidine groups is 3. The van der Waals surface area contributed by atoms with E-state index in [0.29, 0.717) is 30.9 Å². The Hall–Kier alpha value is -3.44. The SMILES string of the molecule is CCS(=O)(=O)C1=NSC2=NC(=O)/C(=C\c3ccc(OCCCOc4cccc(C)c4)cc3)C(=N)N21. The van der Waals surface area contributed by atoms with Gasteiger partial charge in [0.15, 0.2) is 0 Å². The van der Waals surface area contributed by atoms with Crippen LogP contribution >= 0.6 is 11.9 Å². The van der Waals surface area contributed by atoms with Gasteiger partial charge in [-0.05, 0) is 48.4 Å². The molecule has 0 radical (unpaired) electrons. The van der Waals surface area contributed by atoms with Crippen LogP contribution in [0.1, 0.15) is 24.5 Å². The highest BCUT2D eigenvalue weighted by atomic mass is 32.2. The topological polar surface area (TPSA) is 121 Å². The molecule has 1 N–H and O–H groups in total. The van der Waals surface area contributed by atoms with Crippen molar-refractivity contribution in [2.24, 2.45) is 9.39 Å². The van der Waals surface area contributed by atoms with Crippen LogP contribution in [-0.2, 0) is 14.6 Å². The number of aliphatic imine (C=N–C) groups is 1. The number of benzene rings is 2. The standard InChI is InChI=1S/C24H24N4O5S2/c1-3-35(30,31)24-27-34-23-26-22(29)20(21(25)28(23)24)15-17-8-10-18(11-9-17)32-12-5-13-33-19-7-4-6-16(2)14-19/h4,6-11,14-15,25H,3,5,12-13H2,1-2H3/b20-15-,25-21?. The normalized spacial score (nSPS) is 16.7. The number of carbonyl (C=O) groups excluding carboxylic acids is 1. The van der Waals surface area contributed by atoms with Crippen LogP contribution in [0.15, 0.2) is 63.5 Å². The van der Waals surface area contributed by atoms with Gasteiger partial charge < -0.3 is 9.47 Å². The van der Waals surface area contributed by atoms with Crippen molar-refractivity contribution in [1.82, 2.24) is 4.90 Å². The monoisotopic (exact) mass is 512 g/mol. The molecular weight excluding hydrogens is 488 g/mol. The van der Waals surface area contributed by atoms with E-state index in [1.807, 2.05) is 31.2 Å². The van der Waals surface area contributed by atoms with Gasteiger partial charge in [0, 0.05) is 6.42 Å². The third-order valence-corrected chi connectivity index (χ3v) is 7.57. The Balaban J connectivity index is 1.36. The maximum atomic E-state index is 12.5. The number of rotatable bonds is 8. The van der Waals surface area contributed by atoms with Crippen LogP contribution < -0.4 is 9.47 Å². The maximum absolute atomic E-state index is 12.5. The number of aryl methyl sites for hydroxylation is 1. The first kappa shape index (κ1) is 24.7. The van der Waals surface area contributed by atoms with Gasteiger partial charge in [-0.15, -0.1) is 0 Å². The number of hydrogen-bond donors (Lipinski definition) is 1. The van der Waals surface area contributed by atoms with Crippen LogP contribution in [0.3, 0.4) is 0 Å². The maximum Gasteiger partial charge on any atom is 0.283 e. The lowest BCUT2D eigenvalue weighted by Gasteiger charge is -2.24. The number of hydrogen-bond acceptors (Lipinski definition) is 8. The van der Waals surface area contributed by atoms with E-state index >= 15 is 0 Å².